The van der Waals surface area contributed by atoms with Crippen LogP contribution in [0.5, 0.6) is 0 Å². The SMILES string of the molecule is O=C(CSc1nc2c(n1-c1ccccc1)CCCC2)Nc1cccc(S(=O)(=O)N2CCCC2)c1. The van der Waals surface area contributed by atoms with E-state index >= 15 is 0 Å². The van der Waals surface area contributed by atoms with Crippen molar-refractivity contribution in [2.45, 2.75) is 48.6 Å². The molecule has 3 aromatic rings. The Balaban J connectivity index is 1.30. The molecule has 1 N–H and O–H groups in total. The highest BCUT2D eigenvalue weighted by Gasteiger charge is 2.27. The van der Waals surface area contributed by atoms with E-state index in [9.17, 15) is 13.2 Å². The number of aromatic nitrogens is 2. The second-order valence-corrected chi connectivity index (χ2v) is 11.5. The van der Waals surface area contributed by atoms with Crippen LogP contribution in [0.3, 0.4) is 0 Å². The quantitative estimate of drug-likeness (QED) is 0.494. The first-order valence-electron chi connectivity index (χ1n) is 11.7. The largest absolute Gasteiger partial charge is 0.325 e. The Labute approximate surface area is 204 Å². The summed E-state index contributed by atoms with van der Waals surface area (Å²) in [4.78, 5) is 17.8. The fourth-order valence-electron chi connectivity index (χ4n) is 4.59. The van der Waals surface area contributed by atoms with Gasteiger partial charge in [0.2, 0.25) is 15.9 Å². The summed E-state index contributed by atoms with van der Waals surface area (Å²) >= 11 is 1.41. The number of carbonyl (C=O) groups excluding carboxylic acids is 1. The second kappa shape index (κ2) is 9.93. The molecule has 1 amide bonds. The summed E-state index contributed by atoms with van der Waals surface area (Å²) in [6, 6.07) is 16.6. The second-order valence-electron chi connectivity index (χ2n) is 8.64. The first-order valence-corrected chi connectivity index (χ1v) is 14.1. The van der Waals surface area contributed by atoms with E-state index < -0.39 is 10.0 Å². The van der Waals surface area contributed by atoms with Gasteiger partial charge in [-0.1, -0.05) is 36.0 Å². The Morgan fingerprint density at radius 1 is 0.971 bits per heavy atom. The van der Waals surface area contributed by atoms with Crippen molar-refractivity contribution in [3.05, 3.63) is 66.0 Å². The van der Waals surface area contributed by atoms with E-state index in [1.54, 1.807) is 24.3 Å². The number of amides is 1. The summed E-state index contributed by atoms with van der Waals surface area (Å²) in [6.45, 7) is 1.10. The molecule has 1 fully saturated rings. The van der Waals surface area contributed by atoms with Crippen LogP contribution in [-0.4, -0.2) is 47.0 Å². The van der Waals surface area contributed by atoms with Gasteiger partial charge in [0.25, 0.3) is 0 Å². The van der Waals surface area contributed by atoms with E-state index in [0.29, 0.717) is 18.8 Å². The lowest BCUT2D eigenvalue weighted by Crippen LogP contribution is -2.28. The molecule has 2 heterocycles. The molecule has 1 aliphatic heterocycles. The van der Waals surface area contributed by atoms with Gasteiger partial charge < -0.3 is 5.32 Å². The number of hydrogen-bond acceptors (Lipinski definition) is 5. The molecule has 178 valence electrons. The van der Waals surface area contributed by atoms with Gasteiger partial charge in [0.05, 0.1) is 16.3 Å². The summed E-state index contributed by atoms with van der Waals surface area (Å²) in [6.07, 6.45) is 6.01. The number of fused-ring (bicyclic) bond motifs is 1. The third kappa shape index (κ3) is 4.78. The number of sulfonamides is 1. The lowest BCUT2D eigenvalue weighted by Gasteiger charge is -2.16. The molecule has 5 rings (SSSR count). The minimum absolute atomic E-state index is 0.186. The number of rotatable bonds is 7. The van der Waals surface area contributed by atoms with E-state index in [4.69, 9.17) is 4.98 Å². The van der Waals surface area contributed by atoms with Gasteiger partial charge in [-0.05, 0) is 68.9 Å². The number of thioether (sulfide) groups is 1. The molecule has 1 saturated heterocycles. The predicted octanol–water partition coefficient (Wildman–Crippen LogP) is 4.27. The van der Waals surface area contributed by atoms with Gasteiger partial charge in [-0.2, -0.15) is 4.31 Å². The average molecular weight is 497 g/mol. The van der Waals surface area contributed by atoms with Gasteiger partial charge in [0.1, 0.15) is 0 Å². The Morgan fingerprint density at radius 2 is 1.74 bits per heavy atom. The van der Waals surface area contributed by atoms with Crippen molar-refractivity contribution in [2.24, 2.45) is 0 Å². The average Bonchev–Trinajstić information content (AvgIpc) is 3.52. The number of nitrogens with one attached hydrogen (secondary N) is 1. The number of para-hydroxylation sites is 1. The van der Waals surface area contributed by atoms with Crippen molar-refractivity contribution in [3.8, 4) is 5.69 Å². The smallest absolute Gasteiger partial charge is 0.243 e. The minimum Gasteiger partial charge on any atom is -0.325 e. The summed E-state index contributed by atoms with van der Waals surface area (Å²) < 4.78 is 29.4. The molecule has 2 aromatic carbocycles. The van der Waals surface area contributed by atoms with Crippen LogP contribution in [0, 0.1) is 0 Å². The van der Waals surface area contributed by atoms with Gasteiger partial charge in [0, 0.05) is 30.2 Å². The van der Waals surface area contributed by atoms with Crippen LogP contribution >= 0.6 is 11.8 Å². The van der Waals surface area contributed by atoms with Crippen molar-refractivity contribution in [1.82, 2.24) is 13.9 Å². The van der Waals surface area contributed by atoms with E-state index in [1.165, 1.54) is 21.8 Å². The maximum Gasteiger partial charge on any atom is 0.243 e. The number of hydrogen-bond donors (Lipinski definition) is 1. The highest BCUT2D eigenvalue weighted by Crippen LogP contribution is 2.31. The summed E-state index contributed by atoms with van der Waals surface area (Å²) in [5.41, 5.74) is 3.90. The van der Waals surface area contributed by atoms with Gasteiger partial charge in [-0.3, -0.25) is 9.36 Å². The molecule has 7 nitrogen and oxygen atoms in total. The fourth-order valence-corrected chi connectivity index (χ4v) is 7.01. The number of anilines is 1. The van der Waals surface area contributed by atoms with Crippen LogP contribution in [-0.2, 0) is 27.7 Å². The highest BCUT2D eigenvalue weighted by atomic mass is 32.2. The van der Waals surface area contributed by atoms with Crippen LogP contribution in [0.25, 0.3) is 5.69 Å². The van der Waals surface area contributed by atoms with Crippen molar-refractivity contribution >= 4 is 33.4 Å². The van der Waals surface area contributed by atoms with Crippen LogP contribution in [0.4, 0.5) is 5.69 Å². The van der Waals surface area contributed by atoms with Gasteiger partial charge in [0.15, 0.2) is 5.16 Å². The Kier molecular flexibility index (Phi) is 6.76. The number of benzene rings is 2. The van der Waals surface area contributed by atoms with Crippen molar-refractivity contribution in [2.75, 3.05) is 24.2 Å². The van der Waals surface area contributed by atoms with E-state index in [2.05, 4.69) is 22.0 Å². The zero-order valence-corrected chi connectivity index (χ0v) is 20.6. The number of aryl methyl sites for hydroxylation is 1. The van der Waals surface area contributed by atoms with Crippen molar-refractivity contribution < 1.29 is 13.2 Å². The summed E-state index contributed by atoms with van der Waals surface area (Å²) in [5, 5.41) is 3.67. The lowest BCUT2D eigenvalue weighted by atomic mass is 10.0. The topological polar surface area (TPSA) is 84.3 Å². The zero-order chi connectivity index (χ0) is 23.5. The van der Waals surface area contributed by atoms with Crippen molar-refractivity contribution in [3.63, 3.8) is 0 Å². The first-order chi connectivity index (χ1) is 16.5. The van der Waals surface area contributed by atoms with Gasteiger partial charge in [-0.15, -0.1) is 0 Å². The Morgan fingerprint density at radius 3 is 2.53 bits per heavy atom. The monoisotopic (exact) mass is 496 g/mol. The van der Waals surface area contributed by atoms with Crippen LogP contribution in [0.15, 0.2) is 64.6 Å². The molecule has 9 heteroatoms. The third-order valence-electron chi connectivity index (χ3n) is 6.27. The van der Waals surface area contributed by atoms with E-state index in [1.807, 2.05) is 18.2 Å². The van der Waals surface area contributed by atoms with Crippen molar-refractivity contribution in [1.29, 1.82) is 0 Å². The van der Waals surface area contributed by atoms with Crippen LogP contribution in [0.2, 0.25) is 0 Å². The lowest BCUT2D eigenvalue weighted by molar-refractivity contribution is -0.113. The predicted molar refractivity (Wildman–Crippen MR) is 134 cm³/mol. The fraction of sp³-hybridized carbons (Fsp3) is 0.360. The first kappa shape index (κ1) is 23.1. The standard InChI is InChI=1S/C25H28N4O3S2/c30-24(26-19-9-8-12-21(17-19)34(31,32)28-15-6-7-16-28)18-33-25-27-22-13-4-5-14-23(22)29(25)20-10-2-1-3-11-20/h1-3,8-12,17H,4-7,13-16,18H2,(H,26,30). The van der Waals surface area contributed by atoms with Gasteiger partial charge >= 0.3 is 0 Å². The van der Waals surface area contributed by atoms with E-state index in [-0.39, 0.29) is 16.6 Å². The maximum atomic E-state index is 12.8. The molecule has 34 heavy (non-hydrogen) atoms. The molecule has 1 aromatic heterocycles. The Bertz CT molecular complexity index is 1280. The summed E-state index contributed by atoms with van der Waals surface area (Å²) in [5.74, 6) is -0.00690. The summed E-state index contributed by atoms with van der Waals surface area (Å²) in [7, 11) is -3.53. The number of nitrogens with zero attached hydrogens (tertiary/aromatic N) is 3. The molecule has 0 bridgehead atoms. The molecule has 0 spiro atoms. The molecule has 0 radical (unpaired) electrons. The molecule has 2 aliphatic rings. The maximum absolute atomic E-state index is 12.8. The molecular formula is C25H28N4O3S2. The van der Waals surface area contributed by atoms with Gasteiger partial charge in [-0.25, -0.2) is 13.4 Å². The molecule has 0 atom stereocenters. The Hall–Kier alpha value is -2.62. The molecule has 1 aliphatic carbocycles. The third-order valence-corrected chi connectivity index (χ3v) is 9.10. The normalized spacial score (nSPS) is 16.4. The molecular weight excluding hydrogens is 468 g/mol. The number of imidazole rings is 1. The van der Waals surface area contributed by atoms with E-state index in [0.717, 1.165) is 55.1 Å². The molecule has 0 unspecified atom stereocenters. The highest BCUT2D eigenvalue weighted by molar-refractivity contribution is 7.99. The van der Waals surface area contributed by atoms with Crippen LogP contribution < -0.4 is 5.32 Å². The number of carbonyl (C=O) groups is 1. The molecule has 0 saturated carbocycles. The van der Waals surface area contributed by atoms with Crippen LogP contribution in [0.1, 0.15) is 37.1 Å². The minimum atomic E-state index is -3.53. The zero-order valence-electron chi connectivity index (χ0n) is 18.9.